The maximum absolute atomic E-state index is 12.3. The van der Waals surface area contributed by atoms with Crippen LogP contribution in [0.3, 0.4) is 0 Å². The van der Waals surface area contributed by atoms with E-state index in [0.29, 0.717) is 29.8 Å². The first-order valence-electron chi connectivity index (χ1n) is 9.28. The Bertz CT molecular complexity index is 861. The number of carbonyl (C=O) groups excluding carboxylic acids is 1. The van der Waals surface area contributed by atoms with Crippen LogP contribution in [0.25, 0.3) is 10.6 Å². The molecule has 142 valence electrons. The summed E-state index contributed by atoms with van der Waals surface area (Å²) < 4.78 is 10.6. The van der Waals surface area contributed by atoms with E-state index in [1.54, 1.807) is 14.2 Å². The molecule has 4 rings (SSSR count). The lowest BCUT2D eigenvalue weighted by Gasteiger charge is -2.18. The fourth-order valence-corrected chi connectivity index (χ4v) is 4.91. The molecule has 3 atom stereocenters. The molecular formula is C21H24N2O3S. The van der Waals surface area contributed by atoms with Crippen LogP contribution in [-0.2, 0) is 11.2 Å². The number of aromatic nitrogens is 1. The first-order chi connectivity index (χ1) is 13.2. The Labute approximate surface area is 163 Å². The number of methoxy groups -OCH3 is 2. The Morgan fingerprint density at radius 3 is 2.78 bits per heavy atom. The summed E-state index contributed by atoms with van der Waals surface area (Å²) in [5, 5.41) is 5.92. The Hall–Kier alpha value is -2.34. The van der Waals surface area contributed by atoms with Gasteiger partial charge in [0.2, 0.25) is 5.91 Å². The second-order valence-corrected chi connectivity index (χ2v) is 8.09. The van der Waals surface area contributed by atoms with Gasteiger partial charge in [-0.15, -0.1) is 11.3 Å². The van der Waals surface area contributed by atoms with Gasteiger partial charge in [0, 0.05) is 17.5 Å². The van der Waals surface area contributed by atoms with E-state index in [2.05, 4.69) is 22.5 Å². The van der Waals surface area contributed by atoms with Crippen molar-refractivity contribution in [2.75, 3.05) is 20.8 Å². The van der Waals surface area contributed by atoms with E-state index in [1.807, 2.05) is 23.6 Å². The van der Waals surface area contributed by atoms with Gasteiger partial charge in [-0.25, -0.2) is 4.98 Å². The molecule has 0 unspecified atom stereocenters. The average molecular weight is 385 g/mol. The monoisotopic (exact) mass is 384 g/mol. The van der Waals surface area contributed by atoms with Crippen molar-refractivity contribution < 1.29 is 14.3 Å². The minimum Gasteiger partial charge on any atom is -0.493 e. The van der Waals surface area contributed by atoms with E-state index in [9.17, 15) is 4.79 Å². The quantitative estimate of drug-likeness (QED) is 0.740. The highest BCUT2D eigenvalue weighted by atomic mass is 32.1. The lowest BCUT2D eigenvalue weighted by molar-refractivity contribution is -0.120. The standard InChI is InChI=1S/C21H24N2O3S/c1-25-18-6-5-15(9-19(18)26-2)21-23-17(12-27-21)10-20(24)22-11-16-8-13-3-4-14(16)7-13/h3-6,9,12-14,16H,7-8,10-11H2,1-2H3,(H,22,24)/t13-,14-,16-/m0/s1. The third kappa shape index (κ3) is 3.86. The van der Waals surface area contributed by atoms with Gasteiger partial charge in [0.05, 0.1) is 26.3 Å². The Kier molecular flexibility index (Phi) is 5.16. The predicted molar refractivity (Wildman–Crippen MR) is 106 cm³/mol. The molecule has 2 aliphatic carbocycles. The lowest BCUT2D eigenvalue weighted by Crippen LogP contribution is -2.32. The van der Waals surface area contributed by atoms with Crippen LogP contribution in [0.1, 0.15) is 18.5 Å². The first kappa shape index (κ1) is 18.0. The molecule has 0 spiro atoms. The molecule has 27 heavy (non-hydrogen) atoms. The van der Waals surface area contributed by atoms with Gasteiger partial charge in [-0.3, -0.25) is 4.79 Å². The van der Waals surface area contributed by atoms with Crippen LogP contribution in [0.4, 0.5) is 0 Å². The minimum atomic E-state index is 0.0471. The van der Waals surface area contributed by atoms with Crippen molar-refractivity contribution in [1.82, 2.24) is 10.3 Å². The van der Waals surface area contributed by atoms with Crippen molar-refractivity contribution in [3.05, 3.63) is 41.4 Å². The molecule has 2 aliphatic rings. The van der Waals surface area contributed by atoms with Gasteiger partial charge in [-0.05, 0) is 48.8 Å². The zero-order valence-corrected chi connectivity index (χ0v) is 16.4. The minimum absolute atomic E-state index is 0.0471. The molecule has 0 radical (unpaired) electrons. The molecule has 1 aromatic carbocycles. The number of thiazole rings is 1. The van der Waals surface area contributed by atoms with E-state index < -0.39 is 0 Å². The molecular weight excluding hydrogens is 360 g/mol. The van der Waals surface area contributed by atoms with Gasteiger partial charge in [-0.1, -0.05) is 12.2 Å². The number of fused-ring (bicyclic) bond motifs is 2. The topological polar surface area (TPSA) is 60.5 Å². The van der Waals surface area contributed by atoms with Crippen molar-refractivity contribution in [1.29, 1.82) is 0 Å². The van der Waals surface area contributed by atoms with E-state index >= 15 is 0 Å². The summed E-state index contributed by atoms with van der Waals surface area (Å²) >= 11 is 1.53. The molecule has 1 N–H and O–H groups in total. The number of hydrogen-bond donors (Lipinski definition) is 1. The Morgan fingerprint density at radius 1 is 1.22 bits per heavy atom. The number of benzene rings is 1. The summed E-state index contributed by atoms with van der Waals surface area (Å²) in [6.45, 7) is 0.775. The molecule has 1 fully saturated rings. The molecule has 1 aromatic heterocycles. The maximum Gasteiger partial charge on any atom is 0.226 e. The normalized spacial score (nSPS) is 22.8. The van der Waals surface area contributed by atoms with Crippen LogP contribution < -0.4 is 14.8 Å². The van der Waals surface area contributed by atoms with Gasteiger partial charge in [0.15, 0.2) is 11.5 Å². The van der Waals surface area contributed by atoms with E-state index in [4.69, 9.17) is 9.47 Å². The number of hydrogen-bond acceptors (Lipinski definition) is 5. The molecule has 0 aliphatic heterocycles. The lowest BCUT2D eigenvalue weighted by atomic mass is 9.93. The molecule has 2 bridgehead atoms. The van der Waals surface area contributed by atoms with Gasteiger partial charge >= 0.3 is 0 Å². The molecule has 1 amide bonds. The number of carbonyl (C=O) groups is 1. The third-order valence-corrected chi connectivity index (χ3v) is 6.44. The zero-order valence-electron chi connectivity index (χ0n) is 15.6. The number of ether oxygens (including phenoxy) is 2. The van der Waals surface area contributed by atoms with E-state index in [1.165, 1.54) is 24.2 Å². The van der Waals surface area contributed by atoms with E-state index in [-0.39, 0.29) is 5.91 Å². The van der Waals surface area contributed by atoms with Crippen molar-refractivity contribution in [2.24, 2.45) is 17.8 Å². The average Bonchev–Trinajstić information content (AvgIpc) is 3.43. The SMILES string of the molecule is COc1ccc(-c2nc(CC(=O)NC[C@@H]3C[C@H]4C=C[C@H]3C4)cs2)cc1OC. The summed E-state index contributed by atoms with van der Waals surface area (Å²) in [5.74, 6) is 3.40. The molecule has 2 aromatic rings. The molecule has 1 heterocycles. The number of nitrogens with zero attached hydrogens (tertiary/aromatic N) is 1. The van der Waals surface area contributed by atoms with Crippen LogP contribution in [0.5, 0.6) is 11.5 Å². The van der Waals surface area contributed by atoms with Gasteiger partial charge in [-0.2, -0.15) is 0 Å². The summed E-state index contributed by atoms with van der Waals surface area (Å²) in [7, 11) is 3.23. The zero-order chi connectivity index (χ0) is 18.8. The van der Waals surface area contributed by atoms with Crippen molar-refractivity contribution in [3.63, 3.8) is 0 Å². The third-order valence-electron chi connectivity index (χ3n) is 5.50. The number of allylic oxidation sites excluding steroid dienone is 2. The Balaban J connectivity index is 1.35. The number of amides is 1. The highest BCUT2D eigenvalue weighted by molar-refractivity contribution is 7.13. The van der Waals surface area contributed by atoms with Crippen LogP contribution in [-0.4, -0.2) is 31.7 Å². The molecule has 1 saturated carbocycles. The highest BCUT2D eigenvalue weighted by Crippen LogP contribution is 2.43. The maximum atomic E-state index is 12.3. The summed E-state index contributed by atoms with van der Waals surface area (Å²) in [4.78, 5) is 16.9. The van der Waals surface area contributed by atoms with Crippen LogP contribution in [0.15, 0.2) is 35.7 Å². The number of nitrogens with one attached hydrogen (secondary N) is 1. The van der Waals surface area contributed by atoms with Crippen LogP contribution >= 0.6 is 11.3 Å². The number of rotatable bonds is 7. The molecule has 5 nitrogen and oxygen atoms in total. The second kappa shape index (κ2) is 7.72. The van der Waals surface area contributed by atoms with Crippen molar-refractivity contribution >= 4 is 17.2 Å². The van der Waals surface area contributed by atoms with E-state index in [0.717, 1.165) is 28.7 Å². The van der Waals surface area contributed by atoms with Gasteiger partial charge < -0.3 is 14.8 Å². The second-order valence-electron chi connectivity index (χ2n) is 7.23. The molecule has 0 saturated heterocycles. The van der Waals surface area contributed by atoms with Crippen LogP contribution in [0.2, 0.25) is 0 Å². The first-order valence-corrected chi connectivity index (χ1v) is 10.2. The van der Waals surface area contributed by atoms with Gasteiger partial charge in [0.25, 0.3) is 0 Å². The summed E-state index contributed by atoms with van der Waals surface area (Å²) in [6.07, 6.45) is 7.44. The fourth-order valence-electron chi connectivity index (χ4n) is 4.09. The van der Waals surface area contributed by atoms with Crippen molar-refractivity contribution in [2.45, 2.75) is 19.3 Å². The summed E-state index contributed by atoms with van der Waals surface area (Å²) in [6, 6.07) is 5.72. The van der Waals surface area contributed by atoms with Gasteiger partial charge in [0.1, 0.15) is 5.01 Å². The van der Waals surface area contributed by atoms with Crippen LogP contribution in [0, 0.1) is 17.8 Å². The predicted octanol–water partition coefficient (Wildman–Crippen LogP) is 3.70. The highest BCUT2D eigenvalue weighted by Gasteiger charge is 2.35. The largest absolute Gasteiger partial charge is 0.493 e. The summed E-state index contributed by atoms with van der Waals surface area (Å²) in [5.41, 5.74) is 1.76. The fraction of sp³-hybridized carbons (Fsp3) is 0.429. The smallest absolute Gasteiger partial charge is 0.226 e. The molecule has 6 heteroatoms. The Morgan fingerprint density at radius 2 is 2.07 bits per heavy atom. The van der Waals surface area contributed by atoms with Crippen molar-refractivity contribution in [3.8, 4) is 22.1 Å².